The van der Waals surface area contributed by atoms with E-state index in [1.807, 2.05) is 12.1 Å². The van der Waals surface area contributed by atoms with Gasteiger partial charge in [0.25, 0.3) is 0 Å². The van der Waals surface area contributed by atoms with Crippen LogP contribution in [-0.4, -0.2) is 56.1 Å². The van der Waals surface area contributed by atoms with Crippen molar-refractivity contribution in [1.29, 1.82) is 10.8 Å². The molecule has 0 saturated heterocycles. The van der Waals surface area contributed by atoms with E-state index in [0.717, 1.165) is 81.9 Å². The van der Waals surface area contributed by atoms with Crippen molar-refractivity contribution in [1.82, 2.24) is 21.3 Å². The van der Waals surface area contributed by atoms with Crippen LogP contribution in [0.15, 0.2) is 29.3 Å². The number of hydrogen-bond donors (Lipinski definition) is 7. The van der Waals surface area contributed by atoms with E-state index in [-0.39, 0.29) is 11.5 Å². The first-order valence-electron chi connectivity index (χ1n) is 13.1. The van der Waals surface area contributed by atoms with Crippen molar-refractivity contribution in [2.45, 2.75) is 77.2 Å². The summed E-state index contributed by atoms with van der Waals surface area (Å²) in [6, 6.07) is 8.13. The second-order valence-corrected chi connectivity index (χ2v) is 9.75. The average molecular weight is 487 g/mol. The molecule has 0 radical (unpaired) electrons. The number of aliphatic imine (C=N–C) groups is 1. The molecule has 8 N–H and O–H groups in total. The second kappa shape index (κ2) is 15.8. The average Bonchev–Trinajstić information content (AvgIpc) is 3.19. The minimum absolute atomic E-state index is 0.0367. The Morgan fingerprint density at radius 2 is 1.43 bits per heavy atom. The fraction of sp³-hybridized carbons (Fsp3) is 0.654. The van der Waals surface area contributed by atoms with Crippen LogP contribution >= 0.6 is 0 Å². The van der Waals surface area contributed by atoms with Crippen molar-refractivity contribution in [3.05, 3.63) is 29.8 Å². The Morgan fingerprint density at radius 1 is 0.886 bits per heavy atom. The van der Waals surface area contributed by atoms with Gasteiger partial charge in [-0.05, 0) is 70.2 Å². The molecule has 9 heteroatoms. The Bertz CT molecular complexity index is 791. The lowest BCUT2D eigenvalue weighted by atomic mass is 10.1. The van der Waals surface area contributed by atoms with Crippen molar-refractivity contribution < 1.29 is 4.74 Å². The van der Waals surface area contributed by atoms with E-state index in [1.165, 1.54) is 19.3 Å². The van der Waals surface area contributed by atoms with Crippen LogP contribution in [0.1, 0.15) is 77.2 Å². The second-order valence-electron chi connectivity index (χ2n) is 9.75. The van der Waals surface area contributed by atoms with Gasteiger partial charge < -0.3 is 31.7 Å². The predicted molar refractivity (Wildman–Crippen MR) is 146 cm³/mol. The van der Waals surface area contributed by atoms with E-state index in [2.05, 4.69) is 47.2 Å². The van der Waals surface area contributed by atoms with Gasteiger partial charge in [0.05, 0.1) is 12.1 Å². The zero-order chi connectivity index (χ0) is 25.4. The molecule has 0 aliphatic carbocycles. The number of amidine groups is 1. The fourth-order valence-corrected chi connectivity index (χ4v) is 3.82. The van der Waals surface area contributed by atoms with Crippen molar-refractivity contribution in [2.75, 3.05) is 32.8 Å². The van der Waals surface area contributed by atoms with Gasteiger partial charge in [0.1, 0.15) is 11.6 Å². The number of nitrogens with zero attached hydrogens (tertiary/aromatic N) is 1. The molecule has 1 aliphatic heterocycles. The topological polar surface area (TPSA) is 143 Å². The maximum atomic E-state index is 7.95. The Labute approximate surface area is 211 Å². The van der Waals surface area contributed by atoms with Gasteiger partial charge in [-0.15, -0.1) is 0 Å². The van der Waals surface area contributed by atoms with E-state index in [0.29, 0.717) is 12.6 Å². The number of benzene rings is 1. The number of guanidine groups is 2. The van der Waals surface area contributed by atoms with Crippen LogP contribution in [0.4, 0.5) is 0 Å². The summed E-state index contributed by atoms with van der Waals surface area (Å²) in [5.74, 6) is 2.32. The quantitative estimate of drug-likeness (QED) is 0.102. The molecule has 1 heterocycles. The molecule has 0 atom stereocenters. The molecule has 0 spiro atoms. The van der Waals surface area contributed by atoms with Gasteiger partial charge in [0.2, 0.25) is 0 Å². The summed E-state index contributed by atoms with van der Waals surface area (Å²) in [6.07, 6.45) is 9.96. The molecule has 35 heavy (non-hydrogen) atoms. The van der Waals surface area contributed by atoms with Gasteiger partial charge in [-0.25, -0.2) is 0 Å². The molecular weight excluding hydrogens is 440 g/mol. The van der Waals surface area contributed by atoms with Crippen molar-refractivity contribution in [2.24, 2.45) is 10.7 Å². The highest BCUT2D eigenvalue weighted by Crippen LogP contribution is 2.18. The molecule has 0 bridgehead atoms. The third-order valence-corrected chi connectivity index (χ3v) is 5.84. The number of rotatable bonds is 17. The maximum Gasteiger partial charge on any atom is 0.188 e. The number of nitrogens with one attached hydrogen (secondary N) is 6. The smallest absolute Gasteiger partial charge is 0.188 e. The first kappa shape index (κ1) is 28.3. The van der Waals surface area contributed by atoms with Crippen LogP contribution in [0.3, 0.4) is 0 Å². The summed E-state index contributed by atoms with van der Waals surface area (Å²) >= 11 is 0. The van der Waals surface area contributed by atoms with E-state index in [9.17, 15) is 0 Å². The molecule has 1 aromatic rings. The molecular formula is C26H46N8O. The standard InChI is InChI=1S/C26H46N8O/c1-26(2)20-33-23(34-26)21-12-14-22(15-13-21)35-19-11-7-10-18-32-25(29)31-17-9-6-4-3-5-8-16-30-24(27)28/h12-15H,3-11,16-20H2,1-2H3,(H,33,34)(H4,27,28,30)(H3,29,31,32). The molecule has 196 valence electrons. The molecule has 1 aliphatic rings. The van der Waals surface area contributed by atoms with Gasteiger partial charge >= 0.3 is 0 Å². The molecule has 0 amide bonds. The zero-order valence-electron chi connectivity index (χ0n) is 21.6. The number of ether oxygens (including phenoxy) is 1. The van der Waals surface area contributed by atoms with Gasteiger partial charge in [0.15, 0.2) is 11.9 Å². The van der Waals surface area contributed by atoms with Crippen LogP contribution in [0, 0.1) is 10.8 Å². The van der Waals surface area contributed by atoms with Crippen LogP contribution in [0.5, 0.6) is 5.75 Å². The first-order chi connectivity index (χ1) is 16.9. The molecule has 0 fully saturated rings. The predicted octanol–water partition coefficient (Wildman–Crippen LogP) is 3.30. The summed E-state index contributed by atoms with van der Waals surface area (Å²) in [7, 11) is 0. The van der Waals surface area contributed by atoms with Gasteiger partial charge in [-0.3, -0.25) is 15.8 Å². The van der Waals surface area contributed by atoms with Gasteiger partial charge in [-0.1, -0.05) is 25.7 Å². The third-order valence-electron chi connectivity index (χ3n) is 5.84. The van der Waals surface area contributed by atoms with E-state index < -0.39 is 0 Å². The first-order valence-corrected chi connectivity index (χ1v) is 13.1. The molecule has 0 unspecified atom stereocenters. The maximum absolute atomic E-state index is 7.95. The van der Waals surface area contributed by atoms with Crippen LogP contribution in [-0.2, 0) is 0 Å². The van der Waals surface area contributed by atoms with Crippen molar-refractivity contribution >= 4 is 17.8 Å². The zero-order valence-corrected chi connectivity index (χ0v) is 21.6. The fourth-order valence-electron chi connectivity index (χ4n) is 3.82. The Hall–Kier alpha value is -2.97. The lowest BCUT2D eigenvalue weighted by Gasteiger charge is -2.11. The summed E-state index contributed by atoms with van der Waals surface area (Å²) in [5, 5.41) is 27.5. The Morgan fingerprint density at radius 3 is 1.97 bits per heavy atom. The number of nitrogens with two attached hydrogens (primary N) is 1. The lowest BCUT2D eigenvalue weighted by molar-refractivity contribution is 0.305. The molecule has 2 rings (SSSR count). The normalized spacial score (nSPS) is 14.1. The highest BCUT2D eigenvalue weighted by atomic mass is 16.5. The Balaban J connectivity index is 1.39. The van der Waals surface area contributed by atoms with Crippen LogP contribution in [0.25, 0.3) is 0 Å². The van der Waals surface area contributed by atoms with E-state index in [4.69, 9.17) is 26.3 Å². The monoisotopic (exact) mass is 486 g/mol. The number of hydrogen-bond acceptors (Lipinski definition) is 5. The largest absolute Gasteiger partial charge is 0.494 e. The third kappa shape index (κ3) is 12.9. The molecule has 0 saturated carbocycles. The van der Waals surface area contributed by atoms with Crippen molar-refractivity contribution in [3.63, 3.8) is 0 Å². The highest BCUT2D eigenvalue weighted by Gasteiger charge is 2.24. The molecule has 9 nitrogen and oxygen atoms in total. The summed E-state index contributed by atoms with van der Waals surface area (Å²) in [4.78, 5) is 4.71. The van der Waals surface area contributed by atoms with Gasteiger partial charge in [-0.2, -0.15) is 0 Å². The lowest BCUT2D eigenvalue weighted by Crippen LogP contribution is -2.37. The van der Waals surface area contributed by atoms with Crippen LogP contribution < -0.4 is 31.7 Å². The molecule has 1 aromatic carbocycles. The highest BCUT2D eigenvalue weighted by molar-refractivity contribution is 6.00. The summed E-state index contributed by atoms with van der Waals surface area (Å²) in [5.41, 5.74) is 6.31. The van der Waals surface area contributed by atoms with E-state index in [1.54, 1.807) is 0 Å². The SMILES string of the molecule is CC1(C)CNC(c2ccc(OCCCCCNC(=N)NCCCCCCCCNC(=N)N)cc2)=N1. The van der Waals surface area contributed by atoms with E-state index >= 15 is 0 Å². The van der Waals surface area contributed by atoms with Crippen molar-refractivity contribution in [3.8, 4) is 5.75 Å². The minimum atomic E-state index is -0.0367. The minimum Gasteiger partial charge on any atom is -0.494 e. The summed E-state index contributed by atoms with van der Waals surface area (Å²) < 4.78 is 5.86. The molecule has 0 aromatic heterocycles. The van der Waals surface area contributed by atoms with Gasteiger partial charge in [0, 0.05) is 31.7 Å². The van der Waals surface area contributed by atoms with Crippen LogP contribution in [0.2, 0.25) is 0 Å². The summed E-state index contributed by atoms with van der Waals surface area (Å²) in [6.45, 7) is 8.26. The number of unbranched alkanes of at least 4 members (excludes halogenated alkanes) is 7. The Kier molecular flexibility index (Phi) is 12.8.